The Morgan fingerprint density at radius 1 is 1.16 bits per heavy atom. The molecule has 0 amide bonds. The molecule has 0 N–H and O–H groups in total. The van der Waals surface area contributed by atoms with Crippen LogP contribution in [0.25, 0.3) is 0 Å². The van der Waals surface area contributed by atoms with Crippen LogP contribution < -0.4 is 4.90 Å². The Morgan fingerprint density at radius 2 is 1.84 bits per heavy atom. The van der Waals surface area contributed by atoms with Gasteiger partial charge in [-0.25, -0.2) is 4.39 Å². The molecule has 2 fully saturated rings. The van der Waals surface area contributed by atoms with Crippen LogP contribution >= 0.6 is 0 Å². The van der Waals surface area contributed by atoms with E-state index >= 15 is 0 Å². The molecule has 0 aromatic heterocycles. The van der Waals surface area contributed by atoms with Gasteiger partial charge in [0, 0.05) is 31.6 Å². The molecule has 0 atom stereocenters. The number of piperidine rings is 1. The van der Waals surface area contributed by atoms with Gasteiger partial charge in [0.25, 0.3) is 0 Å². The monoisotopic (exact) mass is 262 g/mol. The number of benzene rings is 1. The second kappa shape index (κ2) is 4.80. The molecule has 100 valence electrons. The Morgan fingerprint density at radius 3 is 2.47 bits per heavy atom. The highest BCUT2D eigenvalue weighted by atomic mass is 19.1. The van der Waals surface area contributed by atoms with E-state index in [-0.39, 0.29) is 5.82 Å². The van der Waals surface area contributed by atoms with Gasteiger partial charge in [0.2, 0.25) is 0 Å². The van der Waals surface area contributed by atoms with E-state index in [0.29, 0.717) is 18.8 Å². The molecule has 4 nitrogen and oxygen atoms in total. The number of nitriles is 1. The van der Waals surface area contributed by atoms with Gasteiger partial charge in [0.15, 0.2) is 5.79 Å². The van der Waals surface area contributed by atoms with E-state index in [9.17, 15) is 4.39 Å². The molecule has 3 rings (SSSR count). The van der Waals surface area contributed by atoms with Crippen LogP contribution in [0.5, 0.6) is 0 Å². The molecule has 1 aromatic carbocycles. The van der Waals surface area contributed by atoms with Crippen LogP contribution in [0.15, 0.2) is 18.2 Å². The first kappa shape index (κ1) is 12.4. The van der Waals surface area contributed by atoms with Crippen LogP contribution in [0, 0.1) is 17.1 Å². The highest BCUT2D eigenvalue weighted by Gasteiger charge is 2.39. The Kier molecular flexibility index (Phi) is 3.13. The normalized spacial score (nSPS) is 21.6. The van der Waals surface area contributed by atoms with Gasteiger partial charge < -0.3 is 14.4 Å². The molecule has 0 saturated carbocycles. The summed E-state index contributed by atoms with van der Waals surface area (Å²) in [6, 6.07) is 6.42. The summed E-state index contributed by atoms with van der Waals surface area (Å²) in [6.07, 6.45) is 1.54. The number of anilines is 1. The molecular formula is C14H15FN2O2. The minimum atomic E-state index is -0.429. The lowest BCUT2D eigenvalue weighted by atomic mass is 10.0. The minimum Gasteiger partial charge on any atom is -0.371 e. The maximum atomic E-state index is 13.4. The molecule has 0 radical (unpaired) electrons. The van der Waals surface area contributed by atoms with Gasteiger partial charge in [-0.15, -0.1) is 0 Å². The van der Waals surface area contributed by atoms with E-state index in [4.69, 9.17) is 14.7 Å². The first-order chi connectivity index (χ1) is 9.21. The molecule has 2 saturated heterocycles. The van der Waals surface area contributed by atoms with E-state index in [1.807, 2.05) is 6.07 Å². The molecule has 0 bridgehead atoms. The van der Waals surface area contributed by atoms with E-state index < -0.39 is 5.79 Å². The van der Waals surface area contributed by atoms with Crippen LogP contribution in [0.2, 0.25) is 0 Å². The lowest BCUT2D eigenvalue weighted by molar-refractivity contribution is -0.169. The SMILES string of the molecule is N#Cc1cc(F)cc(N2CCC3(CC2)OCCO3)c1. The third-order valence-electron chi connectivity index (χ3n) is 3.72. The van der Waals surface area contributed by atoms with Gasteiger partial charge in [-0.3, -0.25) is 0 Å². The zero-order chi connectivity index (χ0) is 13.3. The van der Waals surface area contributed by atoms with E-state index in [1.54, 1.807) is 6.07 Å². The maximum Gasteiger partial charge on any atom is 0.171 e. The fourth-order valence-corrected chi connectivity index (χ4v) is 2.71. The molecular weight excluding hydrogens is 247 g/mol. The molecule has 5 heteroatoms. The van der Waals surface area contributed by atoms with Crippen molar-refractivity contribution in [2.75, 3.05) is 31.2 Å². The van der Waals surface area contributed by atoms with Gasteiger partial charge >= 0.3 is 0 Å². The van der Waals surface area contributed by atoms with Crippen molar-refractivity contribution in [1.82, 2.24) is 0 Å². The molecule has 1 aromatic rings. The summed E-state index contributed by atoms with van der Waals surface area (Å²) in [5.74, 6) is -0.801. The summed E-state index contributed by atoms with van der Waals surface area (Å²) in [4.78, 5) is 2.07. The largest absolute Gasteiger partial charge is 0.371 e. The Balaban J connectivity index is 1.74. The number of hydrogen-bond donors (Lipinski definition) is 0. The van der Waals surface area contributed by atoms with Crippen LogP contribution in [0.4, 0.5) is 10.1 Å². The second-order valence-electron chi connectivity index (χ2n) is 4.90. The second-order valence-corrected chi connectivity index (χ2v) is 4.90. The van der Waals surface area contributed by atoms with Crippen molar-refractivity contribution in [2.45, 2.75) is 18.6 Å². The molecule has 2 aliphatic rings. The minimum absolute atomic E-state index is 0.351. The quantitative estimate of drug-likeness (QED) is 0.777. The predicted molar refractivity (Wildman–Crippen MR) is 67.2 cm³/mol. The maximum absolute atomic E-state index is 13.4. The Hall–Kier alpha value is -1.64. The molecule has 1 spiro atoms. The van der Waals surface area contributed by atoms with Crippen LogP contribution in [0.3, 0.4) is 0 Å². The number of ether oxygens (including phenoxy) is 2. The summed E-state index contributed by atoms with van der Waals surface area (Å²) >= 11 is 0. The molecule has 2 heterocycles. The summed E-state index contributed by atoms with van der Waals surface area (Å²) in [7, 11) is 0. The summed E-state index contributed by atoms with van der Waals surface area (Å²) in [6.45, 7) is 2.79. The van der Waals surface area contributed by atoms with Crippen molar-refractivity contribution in [2.24, 2.45) is 0 Å². The van der Waals surface area contributed by atoms with Crippen LogP contribution in [-0.4, -0.2) is 32.1 Å². The first-order valence-corrected chi connectivity index (χ1v) is 6.44. The van der Waals surface area contributed by atoms with Gasteiger partial charge in [-0.2, -0.15) is 5.26 Å². The summed E-state index contributed by atoms with van der Waals surface area (Å²) in [5.41, 5.74) is 1.10. The van der Waals surface area contributed by atoms with Crippen LogP contribution in [-0.2, 0) is 9.47 Å². The van der Waals surface area contributed by atoms with Gasteiger partial charge in [-0.05, 0) is 18.2 Å². The lowest BCUT2D eigenvalue weighted by Crippen LogP contribution is -2.45. The standard InChI is InChI=1S/C14H15FN2O2/c15-12-7-11(10-16)8-13(9-12)17-3-1-14(2-4-17)18-5-6-19-14/h7-9H,1-6H2. The molecule has 0 aliphatic carbocycles. The van der Waals surface area contributed by atoms with E-state index in [0.717, 1.165) is 31.6 Å². The number of nitrogens with zero attached hydrogens (tertiary/aromatic N) is 2. The van der Waals surface area contributed by atoms with Crippen molar-refractivity contribution >= 4 is 5.69 Å². The van der Waals surface area contributed by atoms with Crippen molar-refractivity contribution in [3.8, 4) is 6.07 Å². The molecule has 0 unspecified atom stereocenters. The van der Waals surface area contributed by atoms with E-state index in [2.05, 4.69) is 4.90 Å². The van der Waals surface area contributed by atoms with Crippen LogP contribution in [0.1, 0.15) is 18.4 Å². The van der Waals surface area contributed by atoms with Crippen molar-refractivity contribution in [1.29, 1.82) is 5.26 Å². The zero-order valence-corrected chi connectivity index (χ0v) is 10.6. The van der Waals surface area contributed by atoms with Crippen molar-refractivity contribution in [3.05, 3.63) is 29.6 Å². The summed E-state index contributed by atoms with van der Waals surface area (Å²) < 4.78 is 24.8. The highest BCUT2D eigenvalue weighted by Crippen LogP contribution is 2.33. The van der Waals surface area contributed by atoms with Gasteiger partial charge in [-0.1, -0.05) is 0 Å². The zero-order valence-electron chi connectivity index (χ0n) is 10.6. The number of halogens is 1. The Bertz CT molecular complexity index is 511. The summed E-state index contributed by atoms with van der Waals surface area (Å²) in [5, 5.41) is 8.88. The third kappa shape index (κ3) is 2.42. The number of hydrogen-bond acceptors (Lipinski definition) is 4. The predicted octanol–water partition coefficient (Wildman–Crippen LogP) is 2.04. The van der Waals surface area contributed by atoms with Gasteiger partial charge in [0.05, 0.1) is 24.8 Å². The fourth-order valence-electron chi connectivity index (χ4n) is 2.71. The number of rotatable bonds is 1. The highest BCUT2D eigenvalue weighted by molar-refractivity contribution is 5.52. The van der Waals surface area contributed by atoms with Crippen molar-refractivity contribution in [3.63, 3.8) is 0 Å². The fraction of sp³-hybridized carbons (Fsp3) is 0.500. The van der Waals surface area contributed by atoms with Crippen molar-refractivity contribution < 1.29 is 13.9 Å². The average Bonchev–Trinajstić information content (AvgIpc) is 2.87. The third-order valence-corrected chi connectivity index (χ3v) is 3.72. The molecule has 19 heavy (non-hydrogen) atoms. The smallest absolute Gasteiger partial charge is 0.171 e. The van der Waals surface area contributed by atoms with Gasteiger partial charge in [0.1, 0.15) is 5.82 Å². The van der Waals surface area contributed by atoms with E-state index in [1.165, 1.54) is 12.1 Å². The average molecular weight is 262 g/mol. The lowest BCUT2D eigenvalue weighted by Gasteiger charge is -2.38. The Labute approximate surface area is 111 Å². The topological polar surface area (TPSA) is 45.5 Å². The molecule has 2 aliphatic heterocycles. The first-order valence-electron chi connectivity index (χ1n) is 6.44.